The van der Waals surface area contributed by atoms with E-state index in [1.165, 1.54) is 11.3 Å². The Morgan fingerprint density at radius 1 is 1.33 bits per heavy atom. The van der Waals surface area contributed by atoms with Crippen molar-refractivity contribution in [1.29, 1.82) is 0 Å². The fourth-order valence-electron chi connectivity index (χ4n) is 2.56. The van der Waals surface area contributed by atoms with Crippen LogP contribution in [-0.4, -0.2) is 30.4 Å². The highest BCUT2D eigenvalue weighted by Gasteiger charge is 2.31. The molecule has 0 spiro atoms. The minimum Gasteiger partial charge on any atom is -0.313 e. The summed E-state index contributed by atoms with van der Waals surface area (Å²) in [7, 11) is 0. The molecule has 2 heterocycles. The van der Waals surface area contributed by atoms with Gasteiger partial charge in [-0.3, -0.25) is 4.79 Å². The number of hydrogen-bond acceptors (Lipinski definition) is 2. The minimum absolute atomic E-state index is 0.213. The number of fused-ring (bicyclic) bond motifs is 2. The first-order chi connectivity index (χ1) is 7.36. The van der Waals surface area contributed by atoms with Crippen LogP contribution in [0.4, 0.5) is 0 Å². The van der Waals surface area contributed by atoms with E-state index in [1.54, 1.807) is 0 Å². The maximum atomic E-state index is 11.7. The predicted molar refractivity (Wildman–Crippen MR) is 58.0 cm³/mol. The van der Waals surface area contributed by atoms with Gasteiger partial charge in [0.25, 0.3) is 0 Å². The van der Waals surface area contributed by atoms with Crippen LogP contribution in [0.25, 0.3) is 0 Å². The number of piperazine rings is 1. The quantitative estimate of drug-likeness (QED) is 0.630. The van der Waals surface area contributed by atoms with Crippen molar-refractivity contribution in [3.8, 4) is 0 Å². The van der Waals surface area contributed by atoms with Crippen molar-refractivity contribution in [1.82, 2.24) is 10.2 Å². The van der Waals surface area contributed by atoms with Crippen LogP contribution < -0.4 is 5.32 Å². The Kier molecular flexibility index (Phi) is 1.99. The summed E-state index contributed by atoms with van der Waals surface area (Å²) in [5.74, 6) is 0.735. The Bertz CT molecular complexity index is 392. The Labute approximate surface area is 89.1 Å². The third-order valence-electron chi connectivity index (χ3n) is 3.32. The number of carbonyl (C=O) groups is 1. The Balaban J connectivity index is 2.04. The van der Waals surface area contributed by atoms with Gasteiger partial charge in [0.2, 0.25) is 5.91 Å². The van der Waals surface area contributed by atoms with Crippen molar-refractivity contribution < 1.29 is 4.79 Å². The molecular weight excluding hydrogens is 188 g/mol. The average molecular weight is 202 g/mol. The average Bonchev–Trinajstić information content (AvgIpc) is 2.29. The van der Waals surface area contributed by atoms with E-state index < -0.39 is 0 Å². The molecule has 0 radical (unpaired) electrons. The highest BCUT2D eigenvalue weighted by molar-refractivity contribution is 5.82. The van der Waals surface area contributed by atoms with E-state index in [0.717, 1.165) is 19.5 Å². The van der Waals surface area contributed by atoms with Gasteiger partial charge < -0.3 is 10.2 Å². The molecule has 1 unspecified atom stereocenters. The number of nitrogens with zero attached hydrogens (tertiary/aromatic N) is 1. The van der Waals surface area contributed by atoms with Crippen molar-refractivity contribution in [2.45, 2.75) is 6.42 Å². The topological polar surface area (TPSA) is 32.3 Å². The first-order valence-corrected chi connectivity index (χ1v) is 5.45. The third-order valence-corrected chi connectivity index (χ3v) is 3.32. The van der Waals surface area contributed by atoms with E-state index in [-0.39, 0.29) is 5.91 Å². The zero-order valence-corrected chi connectivity index (χ0v) is 8.57. The second-order valence-electron chi connectivity index (χ2n) is 4.19. The molecule has 3 heteroatoms. The number of allylic oxidation sites excluding steroid dienone is 5. The maximum Gasteiger partial charge on any atom is 0.240 e. The number of nitrogens with one attached hydrogen (secondary N) is 1. The van der Waals surface area contributed by atoms with Crippen molar-refractivity contribution in [3.63, 3.8) is 0 Å². The molecule has 0 bridgehead atoms. The van der Waals surface area contributed by atoms with Crippen LogP contribution in [0.15, 0.2) is 35.6 Å². The first-order valence-electron chi connectivity index (χ1n) is 5.45. The van der Waals surface area contributed by atoms with Crippen molar-refractivity contribution >= 4 is 5.91 Å². The number of carbonyl (C=O) groups excluding carboxylic acids is 1. The Morgan fingerprint density at radius 3 is 3.20 bits per heavy atom. The third kappa shape index (κ3) is 1.35. The molecule has 3 nitrogen and oxygen atoms in total. The van der Waals surface area contributed by atoms with Gasteiger partial charge in [0.05, 0.1) is 6.54 Å². The Hall–Kier alpha value is -1.35. The molecule has 2 aliphatic heterocycles. The zero-order chi connectivity index (χ0) is 10.3. The summed E-state index contributed by atoms with van der Waals surface area (Å²) in [6.07, 6.45) is 9.60. The monoisotopic (exact) mass is 202 g/mol. The molecule has 1 N–H and O–H groups in total. The summed E-state index contributed by atoms with van der Waals surface area (Å²) in [6, 6.07) is 0. The SMILES string of the molecule is O=C1CNCC2=C3C=CC=CC3CCN12. The van der Waals surface area contributed by atoms with Gasteiger partial charge in [-0.1, -0.05) is 24.3 Å². The molecule has 0 aromatic rings. The van der Waals surface area contributed by atoms with Crippen LogP contribution in [0.2, 0.25) is 0 Å². The normalized spacial score (nSPS) is 29.2. The first kappa shape index (κ1) is 8.92. The van der Waals surface area contributed by atoms with Gasteiger partial charge in [0.15, 0.2) is 0 Å². The lowest BCUT2D eigenvalue weighted by Gasteiger charge is -2.38. The summed E-state index contributed by atoms with van der Waals surface area (Å²) in [5, 5.41) is 3.16. The van der Waals surface area contributed by atoms with Crippen LogP contribution in [0.5, 0.6) is 0 Å². The fraction of sp³-hybridized carbons (Fsp3) is 0.417. The number of rotatable bonds is 0. The van der Waals surface area contributed by atoms with Crippen LogP contribution in [0.3, 0.4) is 0 Å². The molecule has 0 aromatic carbocycles. The van der Waals surface area contributed by atoms with Gasteiger partial charge in [0, 0.05) is 24.7 Å². The summed E-state index contributed by atoms with van der Waals surface area (Å²) in [4.78, 5) is 13.6. The zero-order valence-electron chi connectivity index (χ0n) is 8.57. The molecular formula is C12H14N2O. The molecule has 1 amide bonds. The maximum absolute atomic E-state index is 11.7. The van der Waals surface area contributed by atoms with Crippen LogP contribution in [0.1, 0.15) is 6.42 Å². The highest BCUT2D eigenvalue weighted by atomic mass is 16.2. The minimum atomic E-state index is 0.213. The van der Waals surface area contributed by atoms with Crippen molar-refractivity contribution in [2.75, 3.05) is 19.6 Å². The van der Waals surface area contributed by atoms with Gasteiger partial charge in [0.1, 0.15) is 0 Å². The molecule has 3 aliphatic rings. The van der Waals surface area contributed by atoms with E-state index in [9.17, 15) is 4.79 Å². The molecule has 3 rings (SSSR count). The number of hydrogen-bond donors (Lipinski definition) is 1. The lowest BCUT2D eigenvalue weighted by molar-refractivity contribution is -0.130. The van der Waals surface area contributed by atoms with E-state index >= 15 is 0 Å². The fourth-order valence-corrected chi connectivity index (χ4v) is 2.56. The molecule has 15 heavy (non-hydrogen) atoms. The lowest BCUT2D eigenvalue weighted by atomic mass is 9.86. The molecule has 1 saturated heterocycles. The predicted octanol–water partition coefficient (Wildman–Crippen LogP) is 0.818. The largest absolute Gasteiger partial charge is 0.313 e. The van der Waals surface area contributed by atoms with Gasteiger partial charge in [-0.15, -0.1) is 0 Å². The van der Waals surface area contributed by atoms with E-state index in [0.29, 0.717) is 12.5 Å². The van der Waals surface area contributed by atoms with Crippen LogP contribution >= 0.6 is 0 Å². The molecule has 0 saturated carbocycles. The highest BCUT2D eigenvalue weighted by Crippen LogP contribution is 2.32. The summed E-state index contributed by atoms with van der Waals surface area (Å²) in [5.41, 5.74) is 2.51. The lowest BCUT2D eigenvalue weighted by Crippen LogP contribution is -2.49. The molecule has 78 valence electrons. The van der Waals surface area contributed by atoms with Gasteiger partial charge in [-0.05, 0) is 12.0 Å². The number of amides is 1. The van der Waals surface area contributed by atoms with Crippen molar-refractivity contribution in [2.24, 2.45) is 5.92 Å². The smallest absolute Gasteiger partial charge is 0.240 e. The summed E-state index contributed by atoms with van der Waals surface area (Å²) in [6.45, 7) is 2.19. The second kappa shape index (κ2) is 3.35. The van der Waals surface area contributed by atoms with E-state index in [2.05, 4.69) is 29.6 Å². The van der Waals surface area contributed by atoms with Crippen LogP contribution in [-0.2, 0) is 4.79 Å². The van der Waals surface area contributed by atoms with Gasteiger partial charge >= 0.3 is 0 Å². The standard InChI is InChI=1S/C12H14N2O/c15-12-8-13-7-11-10-4-2-1-3-9(10)5-6-14(11)12/h1-4,9,13H,5-8H2. The second-order valence-corrected chi connectivity index (χ2v) is 4.19. The molecule has 1 aliphatic carbocycles. The Morgan fingerprint density at radius 2 is 2.27 bits per heavy atom. The summed E-state index contributed by atoms with van der Waals surface area (Å²) >= 11 is 0. The van der Waals surface area contributed by atoms with Gasteiger partial charge in [-0.25, -0.2) is 0 Å². The van der Waals surface area contributed by atoms with E-state index in [1.807, 2.05) is 4.90 Å². The van der Waals surface area contributed by atoms with Crippen LogP contribution in [0, 0.1) is 5.92 Å². The summed E-state index contributed by atoms with van der Waals surface area (Å²) < 4.78 is 0. The van der Waals surface area contributed by atoms with Gasteiger partial charge in [-0.2, -0.15) is 0 Å². The van der Waals surface area contributed by atoms with Crippen molar-refractivity contribution in [3.05, 3.63) is 35.6 Å². The molecule has 1 fully saturated rings. The van der Waals surface area contributed by atoms with E-state index in [4.69, 9.17) is 0 Å². The molecule has 0 aromatic heterocycles. The molecule has 1 atom stereocenters.